The molecule has 0 spiro atoms. The molecule has 0 aromatic rings. The smallest absolute Gasteiger partial charge is 0.0459 e. The molecule has 0 aromatic carbocycles. The fourth-order valence-corrected chi connectivity index (χ4v) is 5.97. The van der Waals surface area contributed by atoms with Gasteiger partial charge in [0.1, 0.15) is 0 Å². The molecule has 0 rings (SSSR count). The summed E-state index contributed by atoms with van der Waals surface area (Å²) in [7, 11) is 0. The van der Waals surface area contributed by atoms with E-state index in [4.69, 9.17) is 5.11 Å². The molecular weight excluding hydrogens is 464 g/mol. The van der Waals surface area contributed by atoms with Gasteiger partial charge in [-0.2, -0.15) is 0 Å². The summed E-state index contributed by atoms with van der Waals surface area (Å²) in [6.45, 7) is 3.06. The lowest BCUT2D eigenvalue weighted by molar-refractivity contribution is 0.204. The predicted molar refractivity (Wildman–Crippen MR) is 171 cm³/mol. The molecule has 0 saturated carbocycles. The number of hydrogen-bond acceptors (Lipinski definition) is 2. The van der Waals surface area contributed by atoms with E-state index >= 15 is 0 Å². The Hall–Kier alpha value is -0.0800. The molecule has 0 heterocycles. The van der Waals surface area contributed by atoms with Crippen LogP contribution in [0.25, 0.3) is 0 Å². The summed E-state index contributed by atoms with van der Waals surface area (Å²) < 4.78 is 0. The largest absolute Gasteiger partial charge is 0.396 e. The molecule has 230 valence electrons. The van der Waals surface area contributed by atoms with Crippen LogP contribution >= 0.6 is 0 Å². The zero-order chi connectivity index (χ0) is 27.6. The van der Waals surface area contributed by atoms with Crippen LogP contribution in [-0.2, 0) is 0 Å². The number of rotatable bonds is 34. The van der Waals surface area contributed by atoms with Gasteiger partial charge in [-0.15, -0.1) is 0 Å². The number of aliphatic hydroxyl groups is 2. The van der Waals surface area contributed by atoms with Gasteiger partial charge >= 0.3 is 0 Å². The van der Waals surface area contributed by atoms with Crippen LogP contribution in [0, 0.1) is 5.92 Å². The summed E-state index contributed by atoms with van der Waals surface area (Å²) in [5, 5.41) is 18.4. The number of aliphatic hydroxyl groups excluding tert-OH is 2. The zero-order valence-corrected chi connectivity index (χ0v) is 26.5. The van der Waals surface area contributed by atoms with E-state index in [0.29, 0.717) is 19.1 Å². The Labute approximate surface area is 241 Å². The Balaban J connectivity index is 3.16. The summed E-state index contributed by atoms with van der Waals surface area (Å²) >= 11 is 0. The molecule has 0 aromatic heterocycles. The van der Waals surface area contributed by atoms with Crippen molar-refractivity contribution in [3.63, 3.8) is 0 Å². The van der Waals surface area contributed by atoms with Gasteiger partial charge in [0.2, 0.25) is 0 Å². The molecule has 0 amide bonds. The summed E-state index contributed by atoms with van der Waals surface area (Å²) in [5.74, 6) is 0.570. The van der Waals surface area contributed by atoms with Gasteiger partial charge in [0.15, 0.2) is 0 Å². The third-order valence-corrected chi connectivity index (χ3v) is 8.74. The van der Waals surface area contributed by atoms with Crippen LogP contribution in [-0.4, -0.2) is 23.4 Å². The van der Waals surface area contributed by atoms with Gasteiger partial charge in [-0.3, -0.25) is 0 Å². The van der Waals surface area contributed by atoms with E-state index in [2.05, 4.69) is 6.92 Å². The second-order valence-electron chi connectivity index (χ2n) is 12.6. The first-order chi connectivity index (χ1) is 18.8. The Morgan fingerprint density at radius 3 is 0.789 bits per heavy atom. The molecule has 0 bridgehead atoms. The van der Waals surface area contributed by atoms with E-state index < -0.39 is 0 Å². The normalized spacial score (nSPS) is 12.4. The zero-order valence-electron chi connectivity index (χ0n) is 26.5. The lowest BCUT2D eigenvalue weighted by atomic mass is 9.95. The van der Waals surface area contributed by atoms with E-state index in [9.17, 15) is 5.11 Å². The molecule has 38 heavy (non-hydrogen) atoms. The number of unbranched alkanes of at least 4 members (excludes halogenated alkanes) is 28. The monoisotopic (exact) mass is 539 g/mol. The summed E-state index contributed by atoms with van der Waals surface area (Å²) in [4.78, 5) is 0. The Kier molecular flexibility index (Phi) is 34.9. The quantitative estimate of drug-likeness (QED) is 0.0800. The minimum Gasteiger partial charge on any atom is -0.396 e. The summed E-state index contributed by atoms with van der Waals surface area (Å²) in [6, 6.07) is 0. The summed E-state index contributed by atoms with van der Waals surface area (Å²) in [5.41, 5.74) is 0. The van der Waals surface area contributed by atoms with Crippen molar-refractivity contribution in [3.8, 4) is 0 Å². The summed E-state index contributed by atoms with van der Waals surface area (Å²) in [6.07, 6.45) is 44.3. The van der Waals surface area contributed by atoms with Crippen LogP contribution in [0.5, 0.6) is 0 Å². The molecule has 2 N–H and O–H groups in total. The predicted octanol–water partition coefficient (Wildman–Crippen LogP) is 12.1. The third kappa shape index (κ3) is 32.1. The number of hydrogen-bond donors (Lipinski definition) is 2. The molecule has 0 aliphatic heterocycles. The van der Waals surface area contributed by atoms with E-state index in [-0.39, 0.29) is 0 Å². The van der Waals surface area contributed by atoms with Crippen molar-refractivity contribution < 1.29 is 10.2 Å². The minimum atomic E-state index is 0.369. The van der Waals surface area contributed by atoms with Crippen LogP contribution in [0.3, 0.4) is 0 Å². The van der Waals surface area contributed by atoms with Crippen LogP contribution < -0.4 is 0 Å². The molecule has 2 heteroatoms. The van der Waals surface area contributed by atoms with E-state index in [0.717, 1.165) is 6.42 Å². The van der Waals surface area contributed by atoms with Crippen molar-refractivity contribution in [2.24, 2.45) is 5.92 Å². The molecule has 0 radical (unpaired) electrons. The topological polar surface area (TPSA) is 40.5 Å². The van der Waals surface area contributed by atoms with E-state index in [1.54, 1.807) is 0 Å². The van der Waals surface area contributed by atoms with Gasteiger partial charge < -0.3 is 10.2 Å². The van der Waals surface area contributed by atoms with Gasteiger partial charge in [-0.25, -0.2) is 0 Å². The average Bonchev–Trinajstić information content (AvgIpc) is 2.93. The molecule has 2 nitrogen and oxygen atoms in total. The molecule has 1 unspecified atom stereocenters. The molecule has 0 aliphatic rings. The van der Waals surface area contributed by atoms with Gasteiger partial charge in [0, 0.05) is 13.2 Å². The van der Waals surface area contributed by atoms with Crippen molar-refractivity contribution >= 4 is 0 Å². The minimum absolute atomic E-state index is 0.369. The highest BCUT2D eigenvalue weighted by molar-refractivity contribution is 4.60. The van der Waals surface area contributed by atoms with Crippen molar-refractivity contribution in [1.29, 1.82) is 0 Å². The maximum absolute atomic E-state index is 9.65. The Morgan fingerprint density at radius 2 is 0.553 bits per heavy atom. The van der Waals surface area contributed by atoms with Gasteiger partial charge in [0.25, 0.3) is 0 Å². The van der Waals surface area contributed by atoms with Gasteiger partial charge in [-0.1, -0.05) is 193 Å². The van der Waals surface area contributed by atoms with Crippen molar-refractivity contribution in [3.05, 3.63) is 0 Å². The highest BCUT2D eigenvalue weighted by Crippen LogP contribution is 2.19. The average molecular weight is 539 g/mol. The lowest BCUT2D eigenvalue weighted by Crippen LogP contribution is -2.06. The SMILES string of the molecule is CCCCCCCCC(CO)CCCCCCCCCCCCCCCCCCCCCCCCCCO. The molecule has 1 atom stereocenters. The Bertz CT molecular complexity index is 397. The maximum Gasteiger partial charge on any atom is 0.0459 e. The molecule has 0 fully saturated rings. The van der Waals surface area contributed by atoms with Crippen LogP contribution in [0.15, 0.2) is 0 Å². The standard InChI is InChI=1S/C36H74O2/c1-2-3-4-5-26-29-32-36(35-38)33-30-27-24-22-20-18-16-14-12-10-8-6-7-9-11-13-15-17-19-21-23-25-28-31-34-37/h36-38H,2-35H2,1H3. The van der Waals surface area contributed by atoms with Crippen molar-refractivity contribution in [1.82, 2.24) is 0 Å². The van der Waals surface area contributed by atoms with Gasteiger partial charge in [-0.05, 0) is 25.2 Å². The fraction of sp³-hybridized carbons (Fsp3) is 1.00. The highest BCUT2D eigenvalue weighted by Gasteiger charge is 2.07. The molecule has 0 aliphatic carbocycles. The highest BCUT2D eigenvalue weighted by atomic mass is 16.3. The first kappa shape index (κ1) is 37.9. The fourth-order valence-electron chi connectivity index (χ4n) is 5.97. The van der Waals surface area contributed by atoms with Crippen LogP contribution in [0.1, 0.15) is 212 Å². The molecule has 0 saturated heterocycles. The van der Waals surface area contributed by atoms with E-state index in [1.807, 2.05) is 0 Å². The Morgan fingerprint density at radius 1 is 0.316 bits per heavy atom. The van der Waals surface area contributed by atoms with Crippen molar-refractivity contribution in [2.45, 2.75) is 212 Å². The second kappa shape index (κ2) is 34.9. The first-order valence-corrected chi connectivity index (χ1v) is 18.1. The van der Waals surface area contributed by atoms with Gasteiger partial charge in [0.05, 0.1) is 0 Å². The molecular formula is C36H74O2. The van der Waals surface area contributed by atoms with Crippen LogP contribution in [0.4, 0.5) is 0 Å². The third-order valence-electron chi connectivity index (χ3n) is 8.74. The van der Waals surface area contributed by atoms with Crippen LogP contribution in [0.2, 0.25) is 0 Å². The van der Waals surface area contributed by atoms with E-state index in [1.165, 1.54) is 199 Å². The second-order valence-corrected chi connectivity index (χ2v) is 12.6. The first-order valence-electron chi connectivity index (χ1n) is 18.1. The van der Waals surface area contributed by atoms with Crippen molar-refractivity contribution in [2.75, 3.05) is 13.2 Å². The lowest BCUT2D eigenvalue weighted by Gasteiger charge is -2.13. The maximum atomic E-state index is 9.65.